The SMILES string of the molecule is CCn1c(-c2nonc2N)nc2cncc(NC(Cc3ccccc3)c3ccccc3)c21. The number of rotatable bonds is 7. The van der Waals surface area contributed by atoms with Gasteiger partial charge in [-0.2, -0.15) is 0 Å². The summed E-state index contributed by atoms with van der Waals surface area (Å²) in [5.74, 6) is 0.820. The van der Waals surface area contributed by atoms with Crippen molar-refractivity contribution >= 4 is 22.5 Å². The van der Waals surface area contributed by atoms with Crippen LogP contribution in [0.5, 0.6) is 0 Å². The van der Waals surface area contributed by atoms with Gasteiger partial charge in [0.2, 0.25) is 0 Å². The summed E-state index contributed by atoms with van der Waals surface area (Å²) in [6, 6.07) is 20.9. The molecule has 0 saturated heterocycles. The van der Waals surface area contributed by atoms with E-state index in [-0.39, 0.29) is 11.9 Å². The van der Waals surface area contributed by atoms with Gasteiger partial charge in [-0.15, -0.1) is 0 Å². The van der Waals surface area contributed by atoms with E-state index in [1.54, 1.807) is 6.20 Å². The molecule has 8 heteroatoms. The maximum Gasteiger partial charge on any atom is 0.199 e. The molecule has 0 aliphatic rings. The van der Waals surface area contributed by atoms with Gasteiger partial charge in [-0.25, -0.2) is 9.61 Å². The Morgan fingerprint density at radius 1 is 1.00 bits per heavy atom. The van der Waals surface area contributed by atoms with Gasteiger partial charge in [0.15, 0.2) is 17.3 Å². The monoisotopic (exact) mass is 425 g/mol. The van der Waals surface area contributed by atoms with Crippen LogP contribution in [0.1, 0.15) is 24.1 Å². The van der Waals surface area contributed by atoms with E-state index in [4.69, 9.17) is 15.3 Å². The highest BCUT2D eigenvalue weighted by Crippen LogP contribution is 2.32. The molecule has 0 saturated carbocycles. The van der Waals surface area contributed by atoms with Crippen molar-refractivity contribution < 1.29 is 4.63 Å². The predicted molar refractivity (Wildman–Crippen MR) is 124 cm³/mol. The van der Waals surface area contributed by atoms with Crippen molar-refractivity contribution in [3.63, 3.8) is 0 Å². The van der Waals surface area contributed by atoms with E-state index in [1.807, 2.05) is 18.3 Å². The Hall–Kier alpha value is -4.20. The molecule has 5 aromatic rings. The standard InChI is InChI=1S/C24H23N7O/c1-2-31-22-19(14-26-15-20(22)28-24(31)21-23(25)30-32-29-21)27-18(17-11-7-4-8-12-17)13-16-9-5-3-6-10-16/h3-12,14-15,18,27H,2,13H2,1H3,(H2,25,30). The molecule has 3 heterocycles. The van der Waals surface area contributed by atoms with Crippen molar-refractivity contribution in [1.82, 2.24) is 24.8 Å². The second-order valence-electron chi connectivity index (χ2n) is 7.53. The molecule has 1 unspecified atom stereocenters. The molecule has 0 fully saturated rings. The first-order valence-electron chi connectivity index (χ1n) is 10.5. The summed E-state index contributed by atoms with van der Waals surface area (Å²) in [7, 11) is 0. The number of hydrogen-bond donors (Lipinski definition) is 2. The first kappa shape index (κ1) is 19.7. The lowest BCUT2D eigenvalue weighted by atomic mass is 9.98. The number of nitrogens with zero attached hydrogens (tertiary/aromatic N) is 5. The molecule has 3 aromatic heterocycles. The minimum Gasteiger partial charge on any atom is -0.379 e. The average Bonchev–Trinajstić information content (AvgIpc) is 3.43. The second-order valence-corrected chi connectivity index (χ2v) is 7.53. The first-order valence-corrected chi connectivity index (χ1v) is 10.5. The Bertz CT molecular complexity index is 1330. The summed E-state index contributed by atoms with van der Waals surface area (Å²) in [5.41, 5.74) is 11.4. The highest BCUT2D eigenvalue weighted by molar-refractivity contribution is 5.91. The van der Waals surface area contributed by atoms with Gasteiger partial charge in [0.1, 0.15) is 5.52 Å². The molecule has 0 aliphatic heterocycles. The van der Waals surface area contributed by atoms with Gasteiger partial charge in [0, 0.05) is 6.54 Å². The highest BCUT2D eigenvalue weighted by atomic mass is 16.6. The Labute approximate surface area is 185 Å². The maximum atomic E-state index is 5.95. The summed E-state index contributed by atoms with van der Waals surface area (Å²) in [6.07, 6.45) is 4.41. The lowest BCUT2D eigenvalue weighted by Crippen LogP contribution is -2.15. The topological polar surface area (TPSA) is 108 Å². The molecule has 5 rings (SSSR count). The summed E-state index contributed by atoms with van der Waals surface area (Å²) in [6.45, 7) is 2.72. The Balaban J connectivity index is 1.59. The molecule has 1 atom stereocenters. The fourth-order valence-electron chi connectivity index (χ4n) is 4.01. The van der Waals surface area contributed by atoms with E-state index >= 15 is 0 Å². The average molecular weight is 425 g/mol. The normalized spacial score (nSPS) is 12.2. The van der Waals surface area contributed by atoms with Crippen LogP contribution in [0.25, 0.3) is 22.6 Å². The molecule has 3 N–H and O–H groups in total. The molecule has 0 aliphatic carbocycles. The summed E-state index contributed by atoms with van der Waals surface area (Å²) < 4.78 is 6.86. The second kappa shape index (κ2) is 8.50. The molecule has 0 amide bonds. The first-order chi connectivity index (χ1) is 15.7. The number of nitrogens with one attached hydrogen (secondary N) is 1. The van der Waals surface area contributed by atoms with Crippen LogP contribution >= 0.6 is 0 Å². The van der Waals surface area contributed by atoms with E-state index in [9.17, 15) is 0 Å². The van der Waals surface area contributed by atoms with Crippen molar-refractivity contribution in [2.75, 3.05) is 11.1 Å². The Kier molecular flexibility index (Phi) is 5.25. The molecule has 0 bridgehead atoms. The van der Waals surface area contributed by atoms with E-state index in [0.29, 0.717) is 18.1 Å². The number of aryl methyl sites for hydroxylation is 1. The van der Waals surface area contributed by atoms with Crippen molar-refractivity contribution in [2.45, 2.75) is 25.9 Å². The third-order valence-corrected chi connectivity index (χ3v) is 5.51. The molecular weight excluding hydrogens is 402 g/mol. The zero-order chi connectivity index (χ0) is 21.9. The zero-order valence-corrected chi connectivity index (χ0v) is 17.6. The van der Waals surface area contributed by atoms with Gasteiger partial charge in [-0.1, -0.05) is 60.7 Å². The number of nitrogens with two attached hydrogens (primary N) is 1. The summed E-state index contributed by atoms with van der Waals surface area (Å²) in [4.78, 5) is 9.16. The molecule has 0 spiro atoms. The van der Waals surface area contributed by atoms with E-state index < -0.39 is 0 Å². The van der Waals surface area contributed by atoms with Crippen LogP contribution in [-0.4, -0.2) is 24.8 Å². The quantitative estimate of drug-likeness (QED) is 0.396. The van der Waals surface area contributed by atoms with E-state index in [0.717, 1.165) is 23.1 Å². The maximum absolute atomic E-state index is 5.95. The largest absolute Gasteiger partial charge is 0.379 e. The molecule has 32 heavy (non-hydrogen) atoms. The molecule has 160 valence electrons. The third kappa shape index (κ3) is 3.66. The van der Waals surface area contributed by atoms with E-state index in [2.05, 4.69) is 80.6 Å². The highest BCUT2D eigenvalue weighted by Gasteiger charge is 2.22. The van der Waals surface area contributed by atoms with Crippen LogP contribution < -0.4 is 11.1 Å². The van der Waals surface area contributed by atoms with Crippen LogP contribution in [0.2, 0.25) is 0 Å². The van der Waals surface area contributed by atoms with Gasteiger partial charge in [-0.3, -0.25) is 4.98 Å². The number of benzene rings is 2. The minimum atomic E-state index is 0.0495. The van der Waals surface area contributed by atoms with Gasteiger partial charge in [0.05, 0.1) is 29.6 Å². The fourth-order valence-corrected chi connectivity index (χ4v) is 4.01. The van der Waals surface area contributed by atoms with Crippen molar-refractivity contribution in [1.29, 1.82) is 0 Å². The minimum absolute atomic E-state index is 0.0495. The summed E-state index contributed by atoms with van der Waals surface area (Å²) >= 11 is 0. The Morgan fingerprint density at radius 3 is 2.44 bits per heavy atom. The number of pyridine rings is 1. The molecular formula is C24H23N7O. The van der Waals surface area contributed by atoms with Gasteiger partial charge in [0.25, 0.3) is 0 Å². The van der Waals surface area contributed by atoms with Gasteiger partial charge >= 0.3 is 0 Å². The smallest absolute Gasteiger partial charge is 0.199 e. The number of nitrogen functional groups attached to an aromatic ring is 1. The van der Waals surface area contributed by atoms with Crippen LogP contribution in [0.4, 0.5) is 11.5 Å². The zero-order valence-electron chi connectivity index (χ0n) is 17.6. The van der Waals surface area contributed by atoms with Crippen LogP contribution in [0.3, 0.4) is 0 Å². The third-order valence-electron chi connectivity index (χ3n) is 5.51. The molecule has 0 radical (unpaired) electrons. The summed E-state index contributed by atoms with van der Waals surface area (Å²) in [5, 5.41) is 11.4. The van der Waals surface area contributed by atoms with E-state index in [1.165, 1.54) is 11.1 Å². The number of fused-ring (bicyclic) bond motifs is 1. The lowest BCUT2D eigenvalue weighted by molar-refractivity contribution is 0.310. The number of imidazole rings is 1. The molecule has 2 aromatic carbocycles. The predicted octanol–water partition coefficient (Wildman–Crippen LogP) is 4.48. The van der Waals surface area contributed by atoms with Gasteiger partial charge in [-0.05, 0) is 34.8 Å². The number of anilines is 2. The molecule has 8 nitrogen and oxygen atoms in total. The van der Waals surface area contributed by atoms with Crippen molar-refractivity contribution in [3.05, 3.63) is 84.2 Å². The van der Waals surface area contributed by atoms with Gasteiger partial charge < -0.3 is 15.6 Å². The number of aromatic nitrogens is 5. The fraction of sp³-hybridized carbons (Fsp3) is 0.167. The number of hydrogen-bond acceptors (Lipinski definition) is 7. The van der Waals surface area contributed by atoms with Crippen LogP contribution in [0, 0.1) is 0 Å². The lowest BCUT2D eigenvalue weighted by Gasteiger charge is -2.21. The van der Waals surface area contributed by atoms with Crippen LogP contribution in [-0.2, 0) is 13.0 Å². The van der Waals surface area contributed by atoms with Crippen molar-refractivity contribution in [3.8, 4) is 11.5 Å². The van der Waals surface area contributed by atoms with Crippen molar-refractivity contribution in [2.24, 2.45) is 0 Å². The van der Waals surface area contributed by atoms with Crippen LogP contribution in [0.15, 0.2) is 77.7 Å². The Morgan fingerprint density at radius 2 is 1.75 bits per heavy atom.